The number of hydrogen-bond donors (Lipinski definition) is 1. The van der Waals surface area contributed by atoms with Crippen LogP contribution in [0.2, 0.25) is 0 Å². The molecule has 12 heteroatoms. The third-order valence-corrected chi connectivity index (χ3v) is 6.00. The summed E-state index contributed by atoms with van der Waals surface area (Å²) in [7, 11) is 2.91. The summed E-state index contributed by atoms with van der Waals surface area (Å²) in [6, 6.07) is 15.2. The van der Waals surface area contributed by atoms with Crippen molar-refractivity contribution >= 4 is 17.3 Å². The van der Waals surface area contributed by atoms with Crippen LogP contribution < -0.4 is 14.2 Å². The van der Waals surface area contributed by atoms with Gasteiger partial charge in [0.2, 0.25) is 11.8 Å². The molecule has 0 saturated carbocycles. The molecule has 0 aliphatic rings. The van der Waals surface area contributed by atoms with E-state index in [0.717, 1.165) is 11.6 Å². The summed E-state index contributed by atoms with van der Waals surface area (Å²) in [6.07, 6.45) is 1.58. The first-order valence-electron chi connectivity index (χ1n) is 10.3. The number of nitrogens with one attached hydrogen (secondary N) is 1. The lowest BCUT2D eigenvalue weighted by molar-refractivity contribution is 0.368. The average Bonchev–Trinajstić information content (AvgIpc) is 3.30. The van der Waals surface area contributed by atoms with E-state index >= 15 is 0 Å². The molecule has 0 bridgehead atoms. The molecule has 0 saturated heterocycles. The predicted molar refractivity (Wildman–Crippen MR) is 127 cm³/mol. The van der Waals surface area contributed by atoms with Crippen molar-refractivity contribution in [3.63, 3.8) is 0 Å². The quantitative estimate of drug-likeness (QED) is 0.349. The summed E-state index contributed by atoms with van der Waals surface area (Å²) < 4.78 is 41.7. The Hall–Kier alpha value is -4.21. The Morgan fingerprint density at radius 2 is 1.80 bits per heavy atom. The van der Waals surface area contributed by atoms with Gasteiger partial charge >= 0.3 is 0 Å². The normalized spacial score (nSPS) is 11.5. The van der Waals surface area contributed by atoms with Crippen molar-refractivity contribution in [3.8, 4) is 34.9 Å². The fraction of sp³-hybridized carbons (Fsp3) is 0.174. The van der Waals surface area contributed by atoms with Gasteiger partial charge in [0.05, 0.1) is 37.2 Å². The zero-order valence-corrected chi connectivity index (χ0v) is 19.6. The SMILES string of the molecule is COc1ncnc(OC)c1-n1c(N[S+]([O-])CCc2ccc(F)cc2C#N)nnc1-c1ccccc1. The maximum Gasteiger partial charge on any atom is 0.271 e. The van der Waals surface area contributed by atoms with E-state index < -0.39 is 17.2 Å². The van der Waals surface area contributed by atoms with Crippen molar-refractivity contribution in [2.75, 3.05) is 24.7 Å². The van der Waals surface area contributed by atoms with Crippen molar-refractivity contribution in [1.29, 1.82) is 5.26 Å². The lowest BCUT2D eigenvalue weighted by atomic mass is 10.1. The maximum atomic E-state index is 13.4. The largest absolute Gasteiger partial charge is 0.593 e. The van der Waals surface area contributed by atoms with Gasteiger partial charge in [0.15, 0.2) is 11.5 Å². The topological polar surface area (TPSA) is 134 Å². The molecule has 1 N–H and O–H groups in total. The summed E-state index contributed by atoms with van der Waals surface area (Å²) >= 11 is -1.63. The maximum absolute atomic E-state index is 13.4. The van der Waals surface area contributed by atoms with Crippen LogP contribution in [0.5, 0.6) is 11.8 Å². The van der Waals surface area contributed by atoms with Crippen LogP contribution >= 0.6 is 0 Å². The molecular formula is C23H20FN7O3S. The summed E-state index contributed by atoms with van der Waals surface area (Å²) in [4.78, 5) is 8.33. The van der Waals surface area contributed by atoms with Crippen molar-refractivity contribution in [2.45, 2.75) is 6.42 Å². The molecule has 1 atom stereocenters. The van der Waals surface area contributed by atoms with Crippen LogP contribution in [0.3, 0.4) is 0 Å². The van der Waals surface area contributed by atoms with Gasteiger partial charge in [-0.1, -0.05) is 36.4 Å². The Kier molecular flexibility index (Phi) is 7.39. The number of hydrogen-bond acceptors (Lipinski definition) is 9. The van der Waals surface area contributed by atoms with Gasteiger partial charge in [0.25, 0.3) is 5.95 Å². The van der Waals surface area contributed by atoms with Crippen LogP contribution in [0.25, 0.3) is 17.1 Å². The second kappa shape index (κ2) is 10.8. The molecule has 178 valence electrons. The number of methoxy groups -OCH3 is 2. The van der Waals surface area contributed by atoms with Crippen molar-refractivity contribution in [3.05, 3.63) is 71.8 Å². The van der Waals surface area contributed by atoms with Gasteiger partial charge in [0, 0.05) is 12.0 Å². The standard InChI is InChI=1S/C23H20FN7O3S/c1-33-21-19(22(34-2)27-14-26-21)31-20(16-6-4-3-5-7-16)28-29-23(31)30-35(32)11-10-15-8-9-18(24)12-17(15)13-25/h3-9,12,14H,10-11H2,1-2H3,(H,29,30). The molecule has 4 aromatic rings. The molecule has 2 heterocycles. The number of halogens is 1. The molecule has 0 aliphatic heterocycles. The van der Waals surface area contributed by atoms with E-state index in [1.807, 2.05) is 36.4 Å². The summed E-state index contributed by atoms with van der Waals surface area (Å²) in [6.45, 7) is 0. The number of rotatable bonds is 9. The monoisotopic (exact) mass is 493 g/mol. The van der Waals surface area contributed by atoms with Crippen molar-refractivity contribution < 1.29 is 18.4 Å². The number of nitrogens with zero attached hydrogens (tertiary/aromatic N) is 6. The molecule has 1 unspecified atom stereocenters. The average molecular weight is 494 g/mol. The van der Waals surface area contributed by atoms with Crippen molar-refractivity contribution in [2.24, 2.45) is 0 Å². The molecule has 0 amide bonds. The van der Waals surface area contributed by atoms with Gasteiger partial charge in [-0.05, 0) is 17.7 Å². The summed E-state index contributed by atoms with van der Waals surface area (Å²) in [5.74, 6) is 0.599. The molecule has 2 aromatic carbocycles. The van der Waals surface area contributed by atoms with Crippen LogP contribution in [0.1, 0.15) is 11.1 Å². The van der Waals surface area contributed by atoms with Gasteiger partial charge in [-0.25, -0.2) is 8.96 Å². The van der Waals surface area contributed by atoms with Crippen molar-refractivity contribution in [1.82, 2.24) is 24.7 Å². The van der Waals surface area contributed by atoms with Gasteiger partial charge in [0.1, 0.15) is 17.9 Å². The van der Waals surface area contributed by atoms with Crippen LogP contribution in [0, 0.1) is 17.1 Å². The number of benzene rings is 2. The Labute approximate surface area is 203 Å². The minimum Gasteiger partial charge on any atom is -0.593 e. The molecule has 0 spiro atoms. The second-order valence-electron chi connectivity index (χ2n) is 7.10. The number of ether oxygens (including phenoxy) is 2. The number of aromatic nitrogens is 5. The fourth-order valence-electron chi connectivity index (χ4n) is 3.40. The Morgan fingerprint density at radius 3 is 2.46 bits per heavy atom. The molecule has 0 aliphatic carbocycles. The number of nitriles is 1. The minimum atomic E-state index is -1.63. The highest BCUT2D eigenvalue weighted by molar-refractivity contribution is 7.92. The van der Waals surface area contributed by atoms with Gasteiger partial charge in [-0.15, -0.1) is 10.2 Å². The fourth-order valence-corrected chi connectivity index (χ4v) is 4.24. The van der Waals surface area contributed by atoms with Crippen LogP contribution in [-0.2, 0) is 17.8 Å². The Bertz CT molecular complexity index is 1340. The first kappa shape index (κ1) is 23.9. The molecule has 35 heavy (non-hydrogen) atoms. The van der Waals surface area contributed by atoms with E-state index in [0.29, 0.717) is 17.1 Å². The van der Waals surface area contributed by atoms with E-state index in [9.17, 15) is 14.2 Å². The summed E-state index contributed by atoms with van der Waals surface area (Å²) in [5, 5.41) is 17.7. The van der Waals surface area contributed by atoms with E-state index in [2.05, 4.69) is 24.9 Å². The molecule has 10 nitrogen and oxygen atoms in total. The number of anilines is 1. The first-order chi connectivity index (χ1) is 17.0. The molecule has 4 rings (SSSR count). The van der Waals surface area contributed by atoms with E-state index in [1.54, 1.807) is 4.57 Å². The highest BCUT2D eigenvalue weighted by Crippen LogP contribution is 2.35. The molecule has 0 radical (unpaired) electrons. The number of aryl methyl sites for hydroxylation is 1. The third-order valence-electron chi connectivity index (χ3n) is 5.01. The van der Waals surface area contributed by atoms with E-state index in [4.69, 9.17) is 9.47 Å². The Balaban J connectivity index is 1.69. The zero-order chi connectivity index (χ0) is 24.8. The minimum absolute atomic E-state index is 0.132. The second-order valence-corrected chi connectivity index (χ2v) is 8.41. The van der Waals surface area contributed by atoms with Gasteiger partial charge < -0.3 is 14.0 Å². The molecule has 0 fully saturated rings. The zero-order valence-electron chi connectivity index (χ0n) is 18.8. The predicted octanol–water partition coefficient (Wildman–Crippen LogP) is 3.07. The molecular weight excluding hydrogens is 473 g/mol. The van der Waals surface area contributed by atoms with Crippen LogP contribution in [0.15, 0.2) is 54.9 Å². The Morgan fingerprint density at radius 1 is 1.09 bits per heavy atom. The smallest absolute Gasteiger partial charge is 0.271 e. The molecule has 2 aromatic heterocycles. The highest BCUT2D eigenvalue weighted by atomic mass is 32.2. The van der Waals surface area contributed by atoms with E-state index in [-0.39, 0.29) is 35.4 Å². The van der Waals surface area contributed by atoms with Gasteiger partial charge in [-0.3, -0.25) is 0 Å². The van der Waals surface area contributed by atoms with Crippen LogP contribution in [0.4, 0.5) is 10.3 Å². The van der Waals surface area contributed by atoms with Crippen LogP contribution in [-0.4, -0.2) is 49.3 Å². The van der Waals surface area contributed by atoms with Gasteiger partial charge in [-0.2, -0.15) is 20.0 Å². The third kappa shape index (κ3) is 5.16. The lowest BCUT2D eigenvalue weighted by Crippen LogP contribution is -2.21. The van der Waals surface area contributed by atoms with E-state index in [1.165, 1.54) is 32.7 Å². The summed E-state index contributed by atoms with van der Waals surface area (Å²) in [5.41, 5.74) is 1.85. The first-order valence-corrected chi connectivity index (χ1v) is 11.6. The lowest BCUT2D eigenvalue weighted by Gasteiger charge is -2.17. The highest BCUT2D eigenvalue weighted by Gasteiger charge is 2.26.